The lowest BCUT2D eigenvalue weighted by atomic mass is 9.97. The Morgan fingerprint density at radius 2 is 2.00 bits per heavy atom. The van der Waals surface area contributed by atoms with E-state index in [1.165, 1.54) is 0 Å². The second-order valence-corrected chi connectivity index (χ2v) is 10.1. The molecular weight excluding hydrogens is 443 g/mol. The molecule has 184 valence electrons. The van der Waals surface area contributed by atoms with Crippen LogP contribution in [-0.4, -0.2) is 44.3 Å². The summed E-state index contributed by atoms with van der Waals surface area (Å²) in [7, 11) is 1.72. The first kappa shape index (κ1) is 23.6. The van der Waals surface area contributed by atoms with Gasteiger partial charge in [0.2, 0.25) is 0 Å². The highest BCUT2D eigenvalue weighted by Gasteiger charge is 2.36. The van der Waals surface area contributed by atoms with Crippen molar-refractivity contribution in [1.29, 1.82) is 5.26 Å². The molecule has 0 unspecified atom stereocenters. The normalized spacial score (nSPS) is 21.9. The van der Waals surface area contributed by atoms with E-state index in [0.717, 1.165) is 42.8 Å². The number of nitrogens with zero attached hydrogens (tertiary/aromatic N) is 6. The van der Waals surface area contributed by atoms with Crippen molar-refractivity contribution in [3.63, 3.8) is 0 Å². The lowest BCUT2D eigenvalue weighted by Crippen LogP contribution is -2.58. The molecule has 3 atom stereocenters. The Morgan fingerprint density at radius 3 is 2.66 bits per heavy atom. The number of hydrogen-bond acceptors (Lipinski definition) is 5. The fourth-order valence-electron chi connectivity index (χ4n) is 5.53. The topological polar surface area (TPSA) is 69.6 Å². The third-order valence-electron chi connectivity index (χ3n) is 7.82. The Labute approximate surface area is 205 Å². The van der Waals surface area contributed by atoms with Crippen LogP contribution in [0.3, 0.4) is 0 Å². The largest absolute Gasteiger partial charge is 0.351 e. The Hall–Kier alpha value is -3.18. The van der Waals surface area contributed by atoms with Crippen LogP contribution < -0.4 is 10.5 Å². The lowest BCUT2D eigenvalue weighted by Gasteiger charge is -2.48. The van der Waals surface area contributed by atoms with E-state index in [9.17, 15) is 4.79 Å². The monoisotopic (exact) mass is 476 g/mol. The summed E-state index contributed by atoms with van der Waals surface area (Å²) in [4.78, 5) is 17.4. The van der Waals surface area contributed by atoms with Crippen LogP contribution in [0.25, 0.3) is 5.65 Å². The zero-order valence-corrected chi connectivity index (χ0v) is 20.9. The van der Waals surface area contributed by atoms with Gasteiger partial charge < -0.3 is 4.90 Å². The van der Waals surface area contributed by atoms with Crippen LogP contribution >= 0.6 is 0 Å². The van der Waals surface area contributed by atoms with Crippen molar-refractivity contribution in [2.45, 2.75) is 70.5 Å². The highest BCUT2D eigenvalue weighted by atomic mass is 19.1. The molecule has 1 aliphatic carbocycles. The molecule has 0 N–H and O–H groups in total. The molecule has 2 fully saturated rings. The molecule has 0 radical (unpaired) electrons. The van der Waals surface area contributed by atoms with Gasteiger partial charge in [0.15, 0.2) is 0 Å². The van der Waals surface area contributed by atoms with E-state index in [-0.39, 0.29) is 35.9 Å². The number of fused-ring (bicyclic) bond motifs is 1. The number of rotatable bonds is 6. The highest BCUT2D eigenvalue weighted by molar-refractivity contribution is 5.52. The van der Waals surface area contributed by atoms with E-state index in [0.29, 0.717) is 23.8 Å². The number of hydrogen-bond donors (Lipinski definition) is 0. The average molecular weight is 477 g/mol. The zero-order chi connectivity index (χ0) is 24.9. The van der Waals surface area contributed by atoms with E-state index in [4.69, 9.17) is 5.26 Å². The molecule has 7 nitrogen and oxygen atoms in total. The first-order valence-electron chi connectivity index (χ1n) is 12.6. The number of nitriles is 1. The van der Waals surface area contributed by atoms with E-state index in [1.807, 2.05) is 12.1 Å². The Morgan fingerprint density at radius 1 is 1.23 bits per heavy atom. The molecule has 3 heterocycles. The molecule has 1 aliphatic heterocycles. The van der Waals surface area contributed by atoms with Crippen molar-refractivity contribution >= 4 is 11.5 Å². The maximum absolute atomic E-state index is 15.1. The Balaban J connectivity index is 1.45. The van der Waals surface area contributed by atoms with Gasteiger partial charge in [-0.05, 0) is 50.7 Å². The molecule has 2 aliphatic rings. The first-order valence-corrected chi connectivity index (χ1v) is 12.6. The van der Waals surface area contributed by atoms with Gasteiger partial charge >= 0.3 is 0 Å². The quantitative estimate of drug-likeness (QED) is 0.534. The molecule has 0 bridgehead atoms. The van der Waals surface area contributed by atoms with Gasteiger partial charge in [0.05, 0.1) is 18.2 Å². The van der Waals surface area contributed by atoms with Crippen molar-refractivity contribution in [3.8, 4) is 6.07 Å². The van der Waals surface area contributed by atoms with Gasteiger partial charge in [-0.3, -0.25) is 14.3 Å². The van der Waals surface area contributed by atoms with Crippen LogP contribution in [0, 0.1) is 17.1 Å². The van der Waals surface area contributed by atoms with Gasteiger partial charge in [-0.1, -0.05) is 19.1 Å². The van der Waals surface area contributed by atoms with Crippen molar-refractivity contribution in [2.75, 3.05) is 18.0 Å². The smallest absolute Gasteiger partial charge is 0.255 e. The number of aromatic nitrogens is 3. The minimum absolute atomic E-state index is 0.0478. The SMILES string of the molecule is CC[C@@H]1CN(c2cc(=O)n(C)c3cc(CC#N)nn23)[C@@H](C)CN1[C@@H](C)c1ccc(C2CC2)cc1F. The lowest BCUT2D eigenvalue weighted by molar-refractivity contribution is 0.103. The van der Waals surface area contributed by atoms with E-state index < -0.39 is 0 Å². The second-order valence-electron chi connectivity index (χ2n) is 10.1. The van der Waals surface area contributed by atoms with E-state index in [2.05, 4.69) is 47.8 Å². The van der Waals surface area contributed by atoms with Crippen LogP contribution in [0.5, 0.6) is 0 Å². The van der Waals surface area contributed by atoms with Crippen LogP contribution in [0.4, 0.5) is 10.2 Å². The molecular formula is C27H33FN6O. The third-order valence-corrected chi connectivity index (χ3v) is 7.82. The molecule has 0 spiro atoms. The summed E-state index contributed by atoms with van der Waals surface area (Å²) in [6.07, 6.45) is 3.42. The summed E-state index contributed by atoms with van der Waals surface area (Å²) in [5.74, 6) is 1.17. The number of halogens is 1. The molecule has 1 aromatic carbocycles. The van der Waals surface area contributed by atoms with Crippen LogP contribution in [0.15, 0.2) is 35.1 Å². The average Bonchev–Trinajstić information content (AvgIpc) is 3.61. The summed E-state index contributed by atoms with van der Waals surface area (Å²) in [6.45, 7) is 7.84. The number of benzene rings is 1. The fraction of sp³-hybridized carbons (Fsp3) is 0.519. The number of aryl methyl sites for hydroxylation is 1. The molecule has 35 heavy (non-hydrogen) atoms. The summed E-state index contributed by atoms with van der Waals surface area (Å²) in [5, 5.41) is 13.8. The predicted octanol–water partition coefficient (Wildman–Crippen LogP) is 4.17. The molecule has 2 aromatic heterocycles. The fourth-order valence-corrected chi connectivity index (χ4v) is 5.53. The summed E-state index contributed by atoms with van der Waals surface area (Å²) in [5.41, 5.74) is 3.08. The first-order chi connectivity index (χ1) is 16.8. The minimum atomic E-state index is -0.110. The third kappa shape index (κ3) is 4.23. The predicted molar refractivity (Wildman–Crippen MR) is 134 cm³/mol. The van der Waals surface area contributed by atoms with Gasteiger partial charge in [-0.2, -0.15) is 10.4 Å². The molecule has 8 heteroatoms. The summed E-state index contributed by atoms with van der Waals surface area (Å²) in [6, 6.07) is 11.6. The number of piperazine rings is 1. The van der Waals surface area contributed by atoms with Crippen molar-refractivity contribution < 1.29 is 4.39 Å². The van der Waals surface area contributed by atoms with Crippen LogP contribution in [0.1, 0.15) is 68.8 Å². The standard InChI is InChI=1S/C27H33FN6O/c1-5-22-16-32(26-14-27(35)31(4)25-13-21(10-11-29)30-34(25)26)17(2)15-33(22)18(3)23-9-8-20(12-24(23)28)19-6-7-19/h8-9,12-14,17-19,22H,5-7,10,15-16H2,1-4H3/t17-,18-,22+/m0/s1. The molecule has 0 amide bonds. The van der Waals surface area contributed by atoms with Gasteiger partial charge in [0.25, 0.3) is 5.56 Å². The second kappa shape index (κ2) is 9.12. The van der Waals surface area contributed by atoms with Crippen molar-refractivity contribution in [3.05, 3.63) is 63.3 Å². The number of anilines is 1. The van der Waals surface area contributed by atoms with Crippen LogP contribution in [-0.2, 0) is 13.5 Å². The minimum Gasteiger partial charge on any atom is -0.351 e. The van der Waals surface area contributed by atoms with Gasteiger partial charge in [0.1, 0.15) is 17.3 Å². The summed E-state index contributed by atoms with van der Waals surface area (Å²) < 4.78 is 18.5. The molecule has 3 aromatic rings. The Kier molecular flexibility index (Phi) is 6.14. The van der Waals surface area contributed by atoms with Gasteiger partial charge in [0, 0.05) is 56.0 Å². The van der Waals surface area contributed by atoms with Crippen LogP contribution in [0.2, 0.25) is 0 Å². The zero-order valence-electron chi connectivity index (χ0n) is 20.9. The Bertz CT molecular complexity index is 1350. The molecule has 5 rings (SSSR count). The van der Waals surface area contributed by atoms with Crippen molar-refractivity contribution in [1.82, 2.24) is 19.1 Å². The van der Waals surface area contributed by atoms with Crippen molar-refractivity contribution in [2.24, 2.45) is 7.05 Å². The van der Waals surface area contributed by atoms with E-state index >= 15 is 4.39 Å². The molecule has 1 saturated heterocycles. The van der Waals surface area contributed by atoms with E-state index in [1.54, 1.807) is 28.3 Å². The van der Waals surface area contributed by atoms with Gasteiger partial charge in [-0.15, -0.1) is 0 Å². The van der Waals surface area contributed by atoms with Gasteiger partial charge in [-0.25, -0.2) is 8.91 Å². The summed E-state index contributed by atoms with van der Waals surface area (Å²) >= 11 is 0. The maximum atomic E-state index is 15.1. The molecule has 1 saturated carbocycles. The highest BCUT2D eigenvalue weighted by Crippen LogP contribution is 2.41. The maximum Gasteiger partial charge on any atom is 0.255 e.